The molecule has 1 nitrogen and oxygen atoms in total. The Bertz CT molecular complexity index is 2490. The summed E-state index contributed by atoms with van der Waals surface area (Å²) < 4.78 is 294. The molecule has 0 fully saturated rings. The maximum atomic E-state index is 15.4. The molecule has 0 aromatic heterocycles. The van der Waals surface area contributed by atoms with Gasteiger partial charge in [-0.15, -0.1) is 21.9 Å². The van der Waals surface area contributed by atoms with E-state index in [9.17, 15) is 57.5 Å². The second kappa shape index (κ2) is 18.1. The summed E-state index contributed by atoms with van der Waals surface area (Å²) in [5.74, 6) is -71.4. The maximum absolute atomic E-state index is 15.4. The van der Waals surface area contributed by atoms with Gasteiger partial charge in [-0.2, -0.15) is 0 Å². The molecule has 0 amide bonds. The highest BCUT2D eigenvalue weighted by Crippen LogP contribution is 2.31. The molecule has 0 saturated carbocycles. The lowest BCUT2D eigenvalue weighted by atomic mass is 9.12. The summed E-state index contributed by atoms with van der Waals surface area (Å²) in [6.07, 6.45) is -7.22. The highest BCUT2D eigenvalue weighted by molar-refractivity contribution is 7.20. The summed E-state index contributed by atoms with van der Waals surface area (Å²) in [7, 11) is 0. The van der Waals surface area contributed by atoms with E-state index >= 15 is 35.1 Å². The Morgan fingerprint density at radius 1 is 0.375 bits per heavy atom. The average Bonchev–Trinajstić information content (AvgIpc) is 3.26. The third-order valence-corrected chi connectivity index (χ3v) is 12.9. The predicted octanol–water partition coefficient (Wildman–Crippen LogP) is 7.01. The molecule has 0 N–H and O–H groups in total. The summed E-state index contributed by atoms with van der Waals surface area (Å²) in [6, 6.07) is 18.2. The topological polar surface area (TPSA) is 17.1 Å². The fourth-order valence-electron chi connectivity index (χ4n) is 6.82. The molecule has 0 radical (unpaired) electrons. The lowest BCUT2D eigenvalue weighted by Crippen LogP contribution is -3.69. The number of carbonyl (C=O) groups is 1. The van der Waals surface area contributed by atoms with Gasteiger partial charge in [-0.1, -0.05) is 48.5 Å². The molecule has 338 valence electrons. The van der Waals surface area contributed by atoms with Crippen LogP contribution in [0.1, 0.15) is 35.3 Å². The van der Waals surface area contributed by atoms with Gasteiger partial charge in [-0.05, 0) is 32.4 Å². The van der Waals surface area contributed by atoms with Crippen molar-refractivity contribution in [3.8, 4) is 0 Å². The number of carbonyl (C=O) groups excluding carboxylic acids is 1. The minimum atomic E-state index is -7.22. The standard InChI is InChI=1S/C24BF20.C17H18IO/c26-5-1(6(27)14(35)21(42)13(5)34)25(2-7(28)15(36)22(43)16(37)8(2)29,3-9(30)17(38)23(44)18(39)10(3)31)4-11(32)19(40)24(45)20(41)12(4)33;1-13-9-7-8-12-15(13)16(19)18-17(2,3)14-10-5-4-6-11-14/h;4-12H,1-3H3/q-1;+1. The van der Waals surface area contributed by atoms with Crippen LogP contribution in [0.25, 0.3) is 0 Å². The van der Waals surface area contributed by atoms with Crippen molar-refractivity contribution in [3.63, 3.8) is 0 Å². The smallest absolute Gasteiger partial charge is 0.234 e. The quantitative estimate of drug-likeness (QED) is 0.0306. The molecule has 0 aliphatic carbocycles. The van der Waals surface area contributed by atoms with Gasteiger partial charge in [0.05, 0.1) is 5.56 Å². The molecule has 0 atom stereocenters. The highest BCUT2D eigenvalue weighted by Gasteiger charge is 2.52. The summed E-state index contributed by atoms with van der Waals surface area (Å²) in [4.78, 5) is 12.5. The first kappa shape index (κ1) is 49.4. The van der Waals surface area contributed by atoms with E-state index in [2.05, 4.69) is 26.0 Å². The third-order valence-electron chi connectivity index (χ3n) is 9.85. The Morgan fingerprint density at radius 3 is 0.875 bits per heavy atom. The third kappa shape index (κ3) is 7.86. The van der Waals surface area contributed by atoms with Crippen LogP contribution in [-0.2, 0) is 3.42 Å². The van der Waals surface area contributed by atoms with E-state index in [1.165, 1.54) is 5.56 Å². The fourth-order valence-corrected chi connectivity index (χ4v) is 9.61. The molecule has 0 aliphatic rings. The van der Waals surface area contributed by atoms with Crippen molar-refractivity contribution in [1.82, 2.24) is 0 Å². The van der Waals surface area contributed by atoms with Crippen molar-refractivity contribution >= 4 is 31.8 Å². The van der Waals surface area contributed by atoms with Crippen LogP contribution in [0.3, 0.4) is 0 Å². The largest absolute Gasteiger partial charge is 0.394 e. The molecular formula is C41H18BF20IO. The van der Waals surface area contributed by atoms with Crippen molar-refractivity contribution < 1.29 is 114 Å². The van der Waals surface area contributed by atoms with E-state index in [-0.39, 0.29) is 3.42 Å². The SMILES string of the molecule is Cc1ccccc1C(=O)[I+]C(C)(C)c1ccccc1.Fc1c(F)c(F)c([B-](c2c(F)c(F)c(F)c(F)c2F)(c2c(F)c(F)c(F)c(F)c2F)c2c(F)c(F)c(F)c(F)c2F)c(F)c1F. The van der Waals surface area contributed by atoms with Gasteiger partial charge in [0.2, 0.25) is 0 Å². The van der Waals surface area contributed by atoms with E-state index < -0.39 is 166 Å². The highest BCUT2D eigenvalue weighted by atomic mass is 127. The number of hydrogen-bond donors (Lipinski definition) is 0. The number of rotatable bonds is 8. The van der Waals surface area contributed by atoms with E-state index in [0.717, 1.165) is 11.1 Å². The van der Waals surface area contributed by atoms with Crippen LogP contribution in [0.4, 0.5) is 87.8 Å². The molecule has 6 aromatic rings. The second-order valence-electron chi connectivity index (χ2n) is 13.8. The Morgan fingerprint density at radius 2 is 0.609 bits per heavy atom. The van der Waals surface area contributed by atoms with E-state index in [0.29, 0.717) is 3.79 Å². The van der Waals surface area contributed by atoms with Gasteiger partial charge in [-0.25, -0.2) is 92.6 Å². The number of hydrogen-bond acceptors (Lipinski definition) is 1. The monoisotopic (exact) mass is 1040 g/mol. The van der Waals surface area contributed by atoms with Crippen molar-refractivity contribution in [2.45, 2.75) is 24.2 Å². The van der Waals surface area contributed by atoms with Crippen LogP contribution in [0.15, 0.2) is 54.6 Å². The maximum Gasteiger partial charge on any atom is 0.394 e. The number of alkyl halides is 1. The van der Waals surface area contributed by atoms with Gasteiger partial charge < -0.3 is 0 Å². The zero-order valence-electron chi connectivity index (χ0n) is 31.6. The van der Waals surface area contributed by atoms with Crippen molar-refractivity contribution in [2.75, 3.05) is 0 Å². The van der Waals surface area contributed by atoms with Crippen LogP contribution in [0, 0.1) is 123 Å². The average molecular weight is 1040 g/mol. The summed E-state index contributed by atoms with van der Waals surface area (Å²) in [6.45, 7) is 6.35. The minimum absolute atomic E-state index is 0.0283. The van der Waals surface area contributed by atoms with E-state index in [1.807, 2.05) is 49.4 Å². The van der Waals surface area contributed by atoms with Crippen molar-refractivity contribution in [2.24, 2.45) is 0 Å². The zero-order valence-corrected chi connectivity index (χ0v) is 33.8. The van der Waals surface area contributed by atoms with Gasteiger partial charge in [0.25, 0.3) is 0 Å². The first-order valence-corrected chi connectivity index (χ1v) is 19.4. The molecule has 0 bridgehead atoms. The lowest BCUT2D eigenvalue weighted by molar-refractivity contribution is -0.639. The number of aryl methyl sites for hydroxylation is 1. The van der Waals surface area contributed by atoms with Crippen LogP contribution in [0.5, 0.6) is 0 Å². The Kier molecular flexibility index (Phi) is 14.0. The van der Waals surface area contributed by atoms with Crippen molar-refractivity contribution in [1.29, 1.82) is 0 Å². The minimum Gasteiger partial charge on any atom is -0.234 e. The number of benzene rings is 6. The molecule has 0 saturated heterocycles. The normalized spacial score (nSPS) is 11.8. The molecular weight excluding hydrogens is 1030 g/mol. The van der Waals surface area contributed by atoms with Gasteiger partial charge in [0.1, 0.15) is 52.7 Å². The first-order valence-electron chi connectivity index (χ1n) is 17.3. The van der Waals surface area contributed by atoms with Crippen LogP contribution >= 0.6 is 0 Å². The Labute approximate surface area is 356 Å². The summed E-state index contributed by atoms with van der Waals surface area (Å²) >= 11 is -0.597. The predicted molar refractivity (Wildman–Crippen MR) is 184 cm³/mol. The van der Waals surface area contributed by atoms with Crippen LogP contribution < -0.4 is 43.1 Å². The van der Waals surface area contributed by atoms with Gasteiger partial charge in [0.15, 0.2) is 73.2 Å². The molecule has 0 spiro atoms. The van der Waals surface area contributed by atoms with Crippen LogP contribution in [-0.4, -0.2) is 9.94 Å². The van der Waals surface area contributed by atoms with Crippen molar-refractivity contribution in [3.05, 3.63) is 188 Å². The lowest BCUT2D eigenvalue weighted by Gasteiger charge is -2.44. The summed E-state index contributed by atoms with van der Waals surface area (Å²) in [5, 5.41) is 0. The molecule has 64 heavy (non-hydrogen) atoms. The Balaban J connectivity index is 0.000000337. The summed E-state index contributed by atoms with van der Waals surface area (Å²) in [5.41, 5.74) is -11.1. The van der Waals surface area contributed by atoms with Gasteiger partial charge >= 0.3 is 25.0 Å². The van der Waals surface area contributed by atoms with Gasteiger partial charge in [-0.3, -0.25) is 0 Å². The molecule has 0 unspecified atom stereocenters. The van der Waals surface area contributed by atoms with E-state index in [1.54, 1.807) is 0 Å². The zero-order chi connectivity index (χ0) is 48.2. The fraction of sp³-hybridized carbons (Fsp3) is 0.0976. The number of halogens is 21. The first-order chi connectivity index (χ1) is 29.7. The van der Waals surface area contributed by atoms with E-state index in [4.69, 9.17) is 0 Å². The molecule has 0 aliphatic heterocycles. The second-order valence-corrected chi connectivity index (χ2v) is 18.0. The molecule has 6 aromatic carbocycles. The van der Waals surface area contributed by atoms with Crippen LogP contribution in [0.2, 0.25) is 0 Å². The molecule has 6 rings (SSSR count). The van der Waals surface area contributed by atoms with Gasteiger partial charge in [0, 0.05) is 5.56 Å². The Hall–Kier alpha value is -5.62. The molecule has 23 heteroatoms. The molecule has 0 heterocycles.